The van der Waals surface area contributed by atoms with Crippen LogP contribution < -0.4 is 5.32 Å². The highest BCUT2D eigenvalue weighted by Gasteiger charge is 2.17. The van der Waals surface area contributed by atoms with Gasteiger partial charge in [-0.3, -0.25) is 0 Å². The molecule has 0 aliphatic rings. The van der Waals surface area contributed by atoms with Crippen LogP contribution in [0.5, 0.6) is 5.75 Å². The van der Waals surface area contributed by atoms with Crippen molar-refractivity contribution in [1.82, 2.24) is 20.2 Å². The van der Waals surface area contributed by atoms with Crippen LogP contribution in [0.15, 0.2) is 34.7 Å². The van der Waals surface area contributed by atoms with Crippen molar-refractivity contribution in [2.24, 2.45) is 0 Å². The lowest BCUT2D eigenvalue weighted by atomic mass is 10.2. The van der Waals surface area contributed by atoms with E-state index in [9.17, 15) is 5.11 Å². The van der Waals surface area contributed by atoms with Crippen LogP contribution in [0.1, 0.15) is 50.2 Å². The molecule has 0 saturated carbocycles. The Morgan fingerprint density at radius 1 is 1.04 bits per heavy atom. The molecule has 2 N–H and O–H groups in total. The number of nitrogens with one attached hydrogen (secondary N) is 1. The Hall–Kier alpha value is -2.96. The first-order chi connectivity index (χ1) is 11.9. The summed E-state index contributed by atoms with van der Waals surface area (Å²) < 4.78 is 5.68. The number of rotatable bonds is 5. The minimum atomic E-state index is -0.202. The molecule has 2 heterocycles. The predicted molar refractivity (Wildman–Crippen MR) is 94.3 cm³/mol. The summed E-state index contributed by atoms with van der Waals surface area (Å²) >= 11 is 0. The van der Waals surface area contributed by atoms with Gasteiger partial charge in [-0.15, -0.1) is 10.2 Å². The lowest BCUT2D eigenvalue weighted by Gasteiger charge is -2.13. The molecule has 0 radical (unpaired) electrons. The first-order valence-corrected chi connectivity index (χ1v) is 8.18. The SMILES string of the molecule is Cc1cc(N[C@H](C)c2nnc(C(C)C)o2)nc(-c2ccccc2O)n1. The maximum absolute atomic E-state index is 10.0. The van der Waals surface area contributed by atoms with Gasteiger partial charge >= 0.3 is 0 Å². The summed E-state index contributed by atoms with van der Waals surface area (Å²) in [4.78, 5) is 8.91. The van der Waals surface area contributed by atoms with E-state index in [1.165, 1.54) is 0 Å². The van der Waals surface area contributed by atoms with Gasteiger partial charge in [-0.25, -0.2) is 9.97 Å². The van der Waals surface area contributed by atoms with E-state index in [0.29, 0.717) is 29.0 Å². The normalized spacial score (nSPS) is 12.4. The largest absolute Gasteiger partial charge is 0.507 e. The predicted octanol–water partition coefficient (Wildman–Crippen LogP) is 3.84. The molecule has 130 valence electrons. The van der Waals surface area contributed by atoms with Gasteiger partial charge in [-0.05, 0) is 26.0 Å². The van der Waals surface area contributed by atoms with E-state index in [1.807, 2.05) is 39.8 Å². The summed E-state index contributed by atoms with van der Waals surface area (Å²) in [7, 11) is 0. The van der Waals surface area contributed by atoms with Crippen molar-refractivity contribution in [3.05, 3.63) is 47.8 Å². The van der Waals surface area contributed by atoms with Crippen molar-refractivity contribution in [1.29, 1.82) is 0 Å². The molecule has 0 spiro atoms. The Morgan fingerprint density at radius 2 is 1.76 bits per heavy atom. The topological polar surface area (TPSA) is 97.0 Å². The number of benzene rings is 1. The summed E-state index contributed by atoms with van der Waals surface area (Å²) in [6.07, 6.45) is 0. The number of phenols is 1. The second kappa shape index (κ2) is 6.88. The fourth-order valence-corrected chi connectivity index (χ4v) is 2.36. The first kappa shape index (κ1) is 16.9. The molecule has 0 bridgehead atoms. The van der Waals surface area contributed by atoms with Crippen molar-refractivity contribution in [2.45, 2.75) is 39.7 Å². The summed E-state index contributed by atoms with van der Waals surface area (Å²) in [6, 6.07) is 8.62. The van der Waals surface area contributed by atoms with Crippen molar-refractivity contribution in [3.63, 3.8) is 0 Å². The maximum Gasteiger partial charge on any atom is 0.238 e. The number of anilines is 1. The zero-order valence-electron chi connectivity index (χ0n) is 14.7. The molecule has 0 saturated heterocycles. The minimum Gasteiger partial charge on any atom is -0.507 e. The van der Waals surface area contributed by atoms with Gasteiger partial charge in [-0.2, -0.15) is 0 Å². The van der Waals surface area contributed by atoms with Gasteiger partial charge < -0.3 is 14.8 Å². The molecule has 0 aliphatic carbocycles. The highest BCUT2D eigenvalue weighted by atomic mass is 16.4. The monoisotopic (exact) mass is 339 g/mol. The Kier molecular flexibility index (Phi) is 4.65. The molecule has 7 nitrogen and oxygen atoms in total. The van der Waals surface area contributed by atoms with E-state index in [0.717, 1.165) is 5.69 Å². The number of hydrogen-bond acceptors (Lipinski definition) is 7. The highest BCUT2D eigenvalue weighted by molar-refractivity contribution is 5.64. The zero-order chi connectivity index (χ0) is 18.0. The third-order valence-electron chi connectivity index (χ3n) is 3.68. The Balaban J connectivity index is 1.86. The molecular formula is C18H21N5O2. The van der Waals surface area contributed by atoms with Crippen molar-refractivity contribution < 1.29 is 9.52 Å². The van der Waals surface area contributed by atoms with Crippen LogP contribution in [0.3, 0.4) is 0 Å². The highest BCUT2D eigenvalue weighted by Crippen LogP contribution is 2.28. The van der Waals surface area contributed by atoms with E-state index in [-0.39, 0.29) is 17.7 Å². The molecule has 3 rings (SSSR count). The fraction of sp³-hybridized carbons (Fsp3) is 0.333. The van der Waals surface area contributed by atoms with Crippen LogP contribution in [-0.4, -0.2) is 25.3 Å². The smallest absolute Gasteiger partial charge is 0.238 e. The second-order valence-corrected chi connectivity index (χ2v) is 6.23. The third kappa shape index (κ3) is 3.76. The number of aryl methyl sites for hydroxylation is 1. The van der Waals surface area contributed by atoms with Gasteiger partial charge in [0, 0.05) is 17.7 Å². The molecule has 0 aliphatic heterocycles. The van der Waals surface area contributed by atoms with E-state index in [1.54, 1.807) is 18.2 Å². The quantitative estimate of drug-likeness (QED) is 0.729. The van der Waals surface area contributed by atoms with Crippen molar-refractivity contribution in [3.8, 4) is 17.1 Å². The number of hydrogen-bond donors (Lipinski definition) is 2. The molecule has 2 aromatic heterocycles. The lowest BCUT2D eigenvalue weighted by Crippen LogP contribution is -2.09. The standard InChI is InChI=1S/C18H21N5O2/c1-10(2)17-22-23-18(25-17)12(4)20-15-9-11(3)19-16(21-15)13-7-5-6-8-14(13)24/h5-10,12,24H,1-4H3,(H,19,20,21)/t12-/m1/s1. The van der Waals surface area contributed by atoms with Crippen LogP contribution in [0.25, 0.3) is 11.4 Å². The van der Waals surface area contributed by atoms with Crippen LogP contribution in [0.4, 0.5) is 5.82 Å². The molecule has 3 aromatic rings. The van der Waals surface area contributed by atoms with Crippen molar-refractivity contribution in [2.75, 3.05) is 5.32 Å². The molecule has 0 fully saturated rings. The van der Waals surface area contributed by atoms with E-state index in [2.05, 4.69) is 25.5 Å². The molecule has 0 unspecified atom stereocenters. The zero-order valence-corrected chi connectivity index (χ0v) is 14.7. The molecule has 0 amide bonds. The summed E-state index contributed by atoms with van der Waals surface area (Å²) in [5, 5.41) is 21.4. The van der Waals surface area contributed by atoms with Gasteiger partial charge in [0.15, 0.2) is 5.82 Å². The number of aromatic nitrogens is 4. The summed E-state index contributed by atoms with van der Waals surface area (Å²) in [5.41, 5.74) is 1.37. The van der Waals surface area contributed by atoms with Gasteiger partial charge in [0.2, 0.25) is 11.8 Å². The Bertz CT molecular complexity index is 875. The van der Waals surface area contributed by atoms with Crippen molar-refractivity contribution >= 4 is 5.82 Å². The number of phenolic OH excluding ortho intramolecular Hbond substituents is 1. The minimum absolute atomic E-state index is 0.144. The Morgan fingerprint density at radius 3 is 2.44 bits per heavy atom. The van der Waals surface area contributed by atoms with Gasteiger partial charge in [0.05, 0.1) is 5.56 Å². The van der Waals surface area contributed by atoms with Crippen LogP contribution in [-0.2, 0) is 0 Å². The molecular weight excluding hydrogens is 318 g/mol. The van der Waals surface area contributed by atoms with E-state index in [4.69, 9.17) is 4.42 Å². The molecule has 7 heteroatoms. The average Bonchev–Trinajstić information content (AvgIpc) is 3.05. The van der Waals surface area contributed by atoms with Crippen LogP contribution in [0.2, 0.25) is 0 Å². The average molecular weight is 339 g/mol. The number of nitrogens with zero attached hydrogens (tertiary/aromatic N) is 4. The molecule has 1 atom stereocenters. The fourth-order valence-electron chi connectivity index (χ4n) is 2.36. The second-order valence-electron chi connectivity index (χ2n) is 6.23. The van der Waals surface area contributed by atoms with Gasteiger partial charge in [0.1, 0.15) is 17.6 Å². The summed E-state index contributed by atoms with van der Waals surface area (Å²) in [5.74, 6) is 2.53. The number of para-hydroxylation sites is 1. The first-order valence-electron chi connectivity index (χ1n) is 8.18. The van der Waals surface area contributed by atoms with Gasteiger partial charge in [0.25, 0.3) is 0 Å². The summed E-state index contributed by atoms with van der Waals surface area (Å²) in [6.45, 7) is 7.81. The molecule has 1 aromatic carbocycles. The van der Waals surface area contributed by atoms with Crippen LogP contribution in [0, 0.1) is 6.92 Å². The Labute approximate surface area is 146 Å². The van der Waals surface area contributed by atoms with Crippen LogP contribution >= 0.6 is 0 Å². The third-order valence-corrected chi connectivity index (χ3v) is 3.68. The van der Waals surface area contributed by atoms with E-state index < -0.39 is 0 Å². The van der Waals surface area contributed by atoms with Gasteiger partial charge in [-0.1, -0.05) is 26.0 Å². The van der Waals surface area contributed by atoms with E-state index >= 15 is 0 Å². The molecule has 25 heavy (non-hydrogen) atoms. The lowest BCUT2D eigenvalue weighted by molar-refractivity contribution is 0.419. The number of aromatic hydroxyl groups is 1. The maximum atomic E-state index is 10.0.